The van der Waals surface area contributed by atoms with Crippen molar-refractivity contribution in [3.8, 4) is 0 Å². The summed E-state index contributed by atoms with van der Waals surface area (Å²) in [4.78, 5) is 38.6. The molecule has 0 radical (unpaired) electrons. The zero-order chi connectivity index (χ0) is 22.4. The second-order valence-corrected chi connectivity index (χ2v) is 8.59. The molecule has 3 amide bonds. The Morgan fingerprint density at radius 2 is 1.75 bits per heavy atom. The molecule has 0 fully saturated rings. The number of carbonyl (C=O) groups is 3. The second-order valence-electron chi connectivity index (χ2n) is 7.53. The number of aryl methyl sites for hydroxylation is 2. The third-order valence-electron chi connectivity index (χ3n) is 5.37. The topological polar surface area (TPSA) is 118 Å². The van der Waals surface area contributed by atoms with Gasteiger partial charge in [-0.3, -0.25) is 19.3 Å². The van der Waals surface area contributed by atoms with Crippen molar-refractivity contribution in [2.24, 2.45) is 0 Å². The minimum atomic E-state index is -0.366. The van der Waals surface area contributed by atoms with E-state index < -0.39 is 0 Å². The van der Waals surface area contributed by atoms with Crippen molar-refractivity contribution >= 4 is 45.2 Å². The summed E-state index contributed by atoms with van der Waals surface area (Å²) in [6.45, 7) is 3.97. The molecule has 0 saturated carbocycles. The lowest BCUT2D eigenvalue weighted by Gasteiger charge is -2.10. The number of benzene rings is 2. The normalized spacial score (nSPS) is 13.1. The molecule has 1 aliphatic heterocycles. The van der Waals surface area contributed by atoms with E-state index >= 15 is 0 Å². The van der Waals surface area contributed by atoms with Gasteiger partial charge in [0.15, 0.2) is 5.58 Å². The van der Waals surface area contributed by atoms with Crippen LogP contribution in [0.25, 0.3) is 11.0 Å². The van der Waals surface area contributed by atoms with Gasteiger partial charge >= 0.3 is 0 Å². The lowest BCUT2D eigenvalue weighted by atomic mass is 10.1. The molecule has 9 nitrogen and oxygen atoms in total. The summed E-state index contributed by atoms with van der Waals surface area (Å²) in [6, 6.07) is 10.5. The van der Waals surface area contributed by atoms with Crippen LogP contribution >= 0.6 is 11.3 Å². The summed E-state index contributed by atoms with van der Waals surface area (Å²) in [5.74, 6) is -1.05. The Balaban J connectivity index is 1.26. The molecule has 10 heteroatoms. The number of aromatic nitrogens is 3. The molecule has 1 N–H and O–H groups in total. The van der Waals surface area contributed by atoms with Crippen molar-refractivity contribution in [2.45, 2.75) is 26.8 Å². The minimum absolute atomic E-state index is 0.00750. The summed E-state index contributed by atoms with van der Waals surface area (Å²) in [5.41, 5.74) is 4.10. The van der Waals surface area contributed by atoms with Crippen molar-refractivity contribution in [3.05, 3.63) is 69.4 Å². The number of imide groups is 1. The fraction of sp³-hybridized carbons (Fsp3) is 0.182. The van der Waals surface area contributed by atoms with Crippen LogP contribution in [0.3, 0.4) is 0 Å². The predicted molar refractivity (Wildman–Crippen MR) is 116 cm³/mol. The first-order chi connectivity index (χ1) is 15.4. The number of nitrogens with zero attached hydrogens (tertiary/aromatic N) is 4. The number of nitrogens with one attached hydrogen (secondary N) is 1. The van der Waals surface area contributed by atoms with Crippen molar-refractivity contribution in [2.75, 3.05) is 5.32 Å². The number of hydrogen-bond donors (Lipinski definition) is 1. The van der Waals surface area contributed by atoms with Crippen molar-refractivity contribution in [1.29, 1.82) is 0 Å². The number of anilines is 1. The Bertz CT molecular complexity index is 1370. The number of amides is 3. The molecule has 32 heavy (non-hydrogen) atoms. The lowest BCUT2D eigenvalue weighted by molar-refractivity contribution is -0.115. The first-order valence-corrected chi connectivity index (χ1v) is 10.7. The Morgan fingerprint density at radius 1 is 1.06 bits per heavy atom. The quantitative estimate of drug-likeness (QED) is 0.466. The molecule has 0 saturated heterocycles. The molecule has 2 aromatic heterocycles. The van der Waals surface area contributed by atoms with Gasteiger partial charge in [-0.25, -0.2) is 0 Å². The molecule has 0 spiro atoms. The van der Waals surface area contributed by atoms with Gasteiger partial charge in [0, 0.05) is 5.39 Å². The monoisotopic (exact) mass is 447 g/mol. The molecule has 160 valence electrons. The highest BCUT2D eigenvalue weighted by atomic mass is 32.1. The largest absolute Gasteiger partial charge is 0.356 e. The standard InChI is InChI=1S/C22H17N5O4S/c1-11-7-15-16(26-31-17(15)8-12(11)2)9-18(28)23-22-25-24-19(32-22)10-27-20(29)13-5-3-4-6-14(13)21(27)30/h3-8H,9-10H2,1-2H3,(H,23,25,28). The number of carbonyl (C=O) groups excluding carboxylic acids is 3. The fourth-order valence-corrected chi connectivity index (χ4v) is 4.32. The van der Waals surface area contributed by atoms with Crippen LogP contribution in [0.5, 0.6) is 0 Å². The molecular weight excluding hydrogens is 430 g/mol. The van der Waals surface area contributed by atoms with E-state index in [0.29, 0.717) is 27.4 Å². The van der Waals surface area contributed by atoms with Gasteiger partial charge in [0.1, 0.15) is 10.7 Å². The van der Waals surface area contributed by atoms with Crippen molar-refractivity contribution < 1.29 is 18.9 Å². The highest BCUT2D eigenvalue weighted by Gasteiger charge is 2.35. The summed E-state index contributed by atoms with van der Waals surface area (Å²) >= 11 is 1.11. The van der Waals surface area contributed by atoms with Gasteiger partial charge < -0.3 is 9.84 Å². The van der Waals surface area contributed by atoms with Crippen LogP contribution < -0.4 is 5.32 Å². The average molecular weight is 447 g/mol. The highest BCUT2D eigenvalue weighted by Crippen LogP contribution is 2.26. The van der Waals surface area contributed by atoms with Gasteiger partial charge in [0.2, 0.25) is 11.0 Å². The van der Waals surface area contributed by atoms with E-state index in [1.54, 1.807) is 24.3 Å². The molecule has 4 aromatic rings. The van der Waals surface area contributed by atoms with Gasteiger partial charge in [0.25, 0.3) is 11.8 Å². The Kier molecular flexibility index (Phi) is 4.78. The third kappa shape index (κ3) is 3.44. The first kappa shape index (κ1) is 20.0. The van der Waals surface area contributed by atoms with Gasteiger partial charge in [0.05, 0.1) is 24.1 Å². The molecule has 0 bridgehead atoms. The van der Waals surface area contributed by atoms with E-state index in [9.17, 15) is 14.4 Å². The first-order valence-electron chi connectivity index (χ1n) is 9.83. The molecule has 2 aromatic carbocycles. The predicted octanol–water partition coefficient (Wildman–Crippen LogP) is 3.27. The van der Waals surface area contributed by atoms with Crippen LogP contribution in [0.1, 0.15) is 42.5 Å². The van der Waals surface area contributed by atoms with Crippen LogP contribution in [0.4, 0.5) is 5.13 Å². The molecule has 1 aliphatic rings. The van der Waals surface area contributed by atoms with Crippen LogP contribution in [0.2, 0.25) is 0 Å². The lowest BCUT2D eigenvalue weighted by Crippen LogP contribution is -2.29. The minimum Gasteiger partial charge on any atom is -0.356 e. The maximum atomic E-state index is 12.5. The van der Waals surface area contributed by atoms with Gasteiger partial charge in [-0.05, 0) is 49.2 Å². The van der Waals surface area contributed by atoms with Gasteiger partial charge in [-0.1, -0.05) is 28.6 Å². The van der Waals surface area contributed by atoms with Crippen LogP contribution in [0.15, 0.2) is 40.9 Å². The molecular formula is C22H17N5O4S. The zero-order valence-corrected chi connectivity index (χ0v) is 18.0. The van der Waals surface area contributed by atoms with Gasteiger partial charge in [-0.15, -0.1) is 10.2 Å². The van der Waals surface area contributed by atoms with E-state index in [0.717, 1.165) is 32.7 Å². The molecule has 0 aliphatic carbocycles. The maximum Gasteiger partial charge on any atom is 0.261 e. The Hall–Kier alpha value is -3.92. The van der Waals surface area contributed by atoms with Crippen molar-refractivity contribution in [1.82, 2.24) is 20.3 Å². The van der Waals surface area contributed by atoms with Crippen LogP contribution in [-0.4, -0.2) is 38.0 Å². The SMILES string of the molecule is Cc1cc2onc(CC(=O)Nc3nnc(CN4C(=O)c5ccccc5C4=O)s3)c2cc1C. The number of fused-ring (bicyclic) bond motifs is 2. The van der Waals surface area contributed by atoms with E-state index in [1.807, 2.05) is 26.0 Å². The number of rotatable bonds is 5. The third-order valence-corrected chi connectivity index (χ3v) is 6.20. The van der Waals surface area contributed by atoms with Gasteiger partial charge in [-0.2, -0.15) is 0 Å². The maximum absolute atomic E-state index is 12.5. The average Bonchev–Trinajstić information content (AvgIpc) is 3.43. The second kappa shape index (κ2) is 7.65. The number of hydrogen-bond acceptors (Lipinski definition) is 8. The summed E-state index contributed by atoms with van der Waals surface area (Å²) in [7, 11) is 0. The molecule has 0 unspecified atom stereocenters. The molecule has 3 heterocycles. The summed E-state index contributed by atoms with van der Waals surface area (Å²) < 4.78 is 5.34. The van der Waals surface area contributed by atoms with Crippen LogP contribution in [-0.2, 0) is 17.8 Å². The summed E-state index contributed by atoms with van der Waals surface area (Å²) in [6.07, 6.45) is 0.0167. The Labute approximate surface area is 186 Å². The van der Waals surface area contributed by atoms with E-state index in [1.165, 1.54) is 0 Å². The van der Waals surface area contributed by atoms with E-state index in [4.69, 9.17) is 4.52 Å². The molecule has 0 atom stereocenters. The Morgan fingerprint density at radius 3 is 2.47 bits per heavy atom. The van der Waals surface area contributed by atoms with Crippen molar-refractivity contribution in [3.63, 3.8) is 0 Å². The van der Waals surface area contributed by atoms with E-state index in [2.05, 4.69) is 20.7 Å². The zero-order valence-electron chi connectivity index (χ0n) is 17.2. The summed E-state index contributed by atoms with van der Waals surface area (Å²) in [5, 5.41) is 16.2. The van der Waals surface area contributed by atoms with Crippen LogP contribution in [0, 0.1) is 13.8 Å². The molecule has 5 rings (SSSR count). The fourth-order valence-electron chi connectivity index (χ4n) is 3.57. The highest BCUT2D eigenvalue weighted by molar-refractivity contribution is 7.15. The smallest absolute Gasteiger partial charge is 0.261 e. The van der Waals surface area contributed by atoms with E-state index in [-0.39, 0.29) is 35.8 Å².